The van der Waals surface area contributed by atoms with Crippen LogP contribution in [0.15, 0.2) is 66.7 Å². The fraction of sp³-hybridized carbons (Fsp3) is 0.200. The lowest BCUT2D eigenvalue weighted by Gasteiger charge is -2.19. The molecule has 1 atom stereocenters. The van der Waals surface area contributed by atoms with E-state index in [1.54, 1.807) is 36.4 Å². The second-order valence-electron chi connectivity index (χ2n) is 7.94. The van der Waals surface area contributed by atoms with Crippen molar-refractivity contribution in [1.82, 2.24) is 5.32 Å². The van der Waals surface area contributed by atoms with Crippen LogP contribution in [0.2, 0.25) is 0 Å². The SMILES string of the molecule is CC(=O)N[C@H]1CCN(c2ccc(C(=O)Nc3cc(-c4ccc(F)cc4)ccc3N)cc2)C1. The maximum atomic E-state index is 13.2. The standard InChI is InChI=1S/C25H25FN4O2/c1-16(31)28-21-12-13-30(15-21)22-9-4-18(5-10-22)25(32)29-24-14-19(6-11-23(24)27)17-2-7-20(26)8-3-17/h2-11,14,21H,12-13,15,27H2,1H3,(H,28,31)(H,29,32)/t21-/m0/s1. The Kier molecular flexibility index (Phi) is 6.07. The molecule has 6 nitrogen and oxygen atoms in total. The van der Waals surface area contributed by atoms with Gasteiger partial charge in [-0.25, -0.2) is 4.39 Å². The van der Waals surface area contributed by atoms with E-state index in [0.29, 0.717) is 16.9 Å². The number of nitrogens with zero attached hydrogens (tertiary/aromatic N) is 1. The van der Waals surface area contributed by atoms with Crippen LogP contribution in [0.1, 0.15) is 23.7 Å². The highest BCUT2D eigenvalue weighted by atomic mass is 19.1. The molecule has 1 saturated heterocycles. The van der Waals surface area contributed by atoms with Gasteiger partial charge in [0.25, 0.3) is 5.91 Å². The Morgan fingerprint density at radius 3 is 2.38 bits per heavy atom. The molecule has 1 fully saturated rings. The Morgan fingerprint density at radius 1 is 1.00 bits per heavy atom. The number of carbonyl (C=O) groups is 2. The normalized spacial score (nSPS) is 15.4. The van der Waals surface area contributed by atoms with Gasteiger partial charge < -0.3 is 21.3 Å². The average Bonchev–Trinajstić information content (AvgIpc) is 3.24. The van der Waals surface area contributed by atoms with E-state index < -0.39 is 0 Å². The minimum Gasteiger partial charge on any atom is -0.397 e. The van der Waals surface area contributed by atoms with Crippen molar-refractivity contribution in [1.29, 1.82) is 0 Å². The molecule has 4 rings (SSSR count). The van der Waals surface area contributed by atoms with Crippen LogP contribution in [0.25, 0.3) is 11.1 Å². The van der Waals surface area contributed by atoms with Gasteiger partial charge in [0.2, 0.25) is 5.91 Å². The van der Waals surface area contributed by atoms with Gasteiger partial charge in [0.15, 0.2) is 0 Å². The second kappa shape index (κ2) is 9.09. The number of hydrogen-bond acceptors (Lipinski definition) is 4. The van der Waals surface area contributed by atoms with Crippen molar-refractivity contribution in [2.45, 2.75) is 19.4 Å². The van der Waals surface area contributed by atoms with Crippen LogP contribution in [-0.4, -0.2) is 30.9 Å². The van der Waals surface area contributed by atoms with Crippen molar-refractivity contribution in [3.63, 3.8) is 0 Å². The van der Waals surface area contributed by atoms with Gasteiger partial charge >= 0.3 is 0 Å². The zero-order valence-corrected chi connectivity index (χ0v) is 17.8. The van der Waals surface area contributed by atoms with E-state index in [1.807, 2.05) is 18.2 Å². The van der Waals surface area contributed by atoms with Gasteiger partial charge in [-0.3, -0.25) is 9.59 Å². The van der Waals surface area contributed by atoms with Crippen LogP contribution in [0.3, 0.4) is 0 Å². The molecule has 0 aromatic heterocycles. The van der Waals surface area contributed by atoms with E-state index in [-0.39, 0.29) is 23.7 Å². The van der Waals surface area contributed by atoms with Crippen LogP contribution in [0.4, 0.5) is 21.5 Å². The predicted molar refractivity (Wildman–Crippen MR) is 125 cm³/mol. The molecule has 3 aromatic carbocycles. The average molecular weight is 432 g/mol. The summed E-state index contributed by atoms with van der Waals surface area (Å²) in [6, 6.07) is 19.0. The summed E-state index contributed by atoms with van der Waals surface area (Å²) in [5, 5.41) is 5.81. The number of nitrogen functional groups attached to an aromatic ring is 1. The molecular formula is C25H25FN4O2. The number of benzene rings is 3. The van der Waals surface area contributed by atoms with E-state index in [9.17, 15) is 14.0 Å². The third-order valence-corrected chi connectivity index (χ3v) is 5.57. The zero-order valence-electron chi connectivity index (χ0n) is 17.8. The first-order valence-corrected chi connectivity index (χ1v) is 10.5. The summed E-state index contributed by atoms with van der Waals surface area (Å²) < 4.78 is 13.2. The first-order valence-electron chi connectivity index (χ1n) is 10.5. The van der Waals surface area contributed by atoms with Gasteiger partial charge in [-0.05, 0) is 66.1 Å². The van der Waals surface area contributed by atoms with Crippen LogP contribution >= 0.6 is 0 Å². The summed E-state index contributed by atoms with van der Waals surface area (Å²) in [7, 11) is 0. The van der Waals surface area contributed by atoms with Gasteiger partial charge in [0.05, 0.1) is 11.4 Å². The van der Waals surface area contributed by atoms with E-state index in [2.05, 4.69) is 15.5 Å². The largest absolute Gasteiger partial charge is 0.397 e. The Morgan fingerprint density at radius 2 is 1.69 bits per heavy atom. The Labute approximate surface area is 186 Å². The zero-order chi connectivity index (χ0) is 22.7. The fourth-order valence-corrected chi connectivity index (χ4v) is 3.90. The molecular weight excluding hydrogens is 407 g/mol. The lowest BCUT2D eigenvalue weighted by atomic mass is 10.0. The minimum absolute atomic E-state index is 0.0216. The smallest absolute Gasteiger partial charge is 0.255 e. The van der Waals surface area contributed by atoms with Crippen molar-refractivity contribution in [3.05, 3.63) is 78.1 Å². The van der Waals surface area contributed by atoms with E-state index in [0.717, 1.165) is 36.3 Å². The molecule has 0 bridgehead atoms. The Balaban J connectivity index is 1.44. The highest BCUT2D eigenvalue weighted by Crippen LogP contribution is 2.28. The number of carbonyl (C=O) groups excluding carboxylic acids is 2. The minimum atomic E-state index is -0.305. The third kappa shape index (κ3) is 4.88. The molecule has 4 N–H and O–H groups in total. The number of nitrogens with two attached hydrogens (primary N) is 1. The van der Waals surface area contributed by atoms with Gasteiger partial charge in [0, 0.05) is 37.3 Å². The topological polar surface area (TPSA) is 87.5 Å². The van der Waals surface area contributed by atoms with Crippen LogP contribution < -0.4 is 21.3 Å². The van der Waals surface area contributed by atoms with Crippen LogP contribution in [0, 0.1) is 5.82 Å². The lowest BCUT2D eigenvalue weighted by molar-refractivity contribution is -0.119. The molecule has 164 valence electrons. The van der Waals surface area contributed by atoms with Crippen molar-refractivity contribution in [2.24, 2.45) is 0 Å². The van der Waals surface area contributed by atoms with Gasteiger partial charge in [-0.2, -0.15) is 0 Å². The van der Waals surface area contributed by atoms with Gasteiger partial charge in [-0.15, -0.1) is 0 Å². The third-order valence-electron chi connectivity index (χ3n) is 5.57. The van der Waals surface area contributed by atoms with Gasteiger partial charge in [-0.1, -0.05) is 18.2 Å². The number of halogens is 1. The van der Waals surface area contributed by atoms with Crippen molar-refractivity contribution >= 4 is 28.9 Å². The molecule has 2 amide bonds. The maximum Gasteiger partial charge on any atom is 0.255 e. The first kappa shape index (κ1) is 21.4. The first-order chi connectivity index (χ1) is 15.4. The molecule has 0 aliphatic carbocycles. The predicted octanol–water partition coefficient (Wildman–Crippen LogP) is 4.04. The number of rotatable bonds is 5. The summed E-state index contributed by atoms with van der Waals surface area (Å²) >= 11 is 0. The van der Waals surface area contributed by atoms with Crippen LogP contribution in [-0.2, 0) is 4.79 Å². The van der Waals surface area contributed by atoms with Crippen molar-refractivity contribution < 1.29 is 14.0 Å². The number of anilines is 3. The Hall–Kier alpha value is -3.87. The van der Waals surface area contributed by atoms with E-state index in [1.165, 1.54) is 19.1 Å². The number of nitrogens with one attached hydrogen (secondary N) is 2. The molecule has 0 saturated carbocycles. The molecule has 1 heterocycles. The molecule has 7 heteroatoms. The molecule has 0 radical (unpaired) electrons. The van der Waals surface area contributed by atoms with Crippen molar-refractivity contribution in [3.8, 4) is 11.1 Å². The summed E-state index contributed by atoms with van der Waals surface area (Å²) in [4.78, 5) is 26.2. The quantitative estimate of drug-likeness (QED) is 0.531. The number of amides is 2. The molecule has 3 aromatic rings. The van der Waals surface area contributed by atoms with E-state index in [4.69, 9.17) is 5.73 Å². The highest BCUT2D eigenvalue weighted by Gasteiger charge is 2.23. The van der Waals surface area contributed by atoms with Gasteiger partial charge in [0.1, 0.15) is 5.82 Å². The summed E-state index contributed by atoms with van der Waals surface area (Å²) in [6.07, 6.45) is 0.894. The number of hydrogen-bond donors (Lipinski definition) is 3. The Bertz CT molecular complexity index is 1130. The molecule has 1 aliphatic heterocycles. The summed E-state index contributed by atoms with van der Waals surface area (Å²) in [5.41, 5.74) is 10.2. The molecule has 0 unspecified atom stereocenters. The lowest BCUT2D eigenvalue weighted by Crippen LogP contribution is -2.35. The molecule has 0 spiro atoms. The fourth-order valence-electron chi connectivity index (χ4n) is 3.90. The molecule has 1 aliphatic rings. The van der Waals surface area contributed by atoms with Crippen LogP contribution in [0.5, 0.6) is 0 Å². The van der Waals surface area contributed by atoms with Crippen molar-refractivity contribution in [2.75, 3.05) is 29.0 Å². The van der Waals surface area contributed by atoms with E-state index >= 15 is 0 Å². The summed E-state index contributed by atoms with van der Waals surface area (Å²) in [5.74, 6) is -0.593. The second-order valence-corrected chi connectivity index (χ2v) is 7.94. The molecule has 32 heavy (non-hydrogen) atoms. The maximum absolute atomic E-state index is 13.2. The monoisotopic (exact) mass is 432 g/mol. The summed E-state index contributed by atoms with van der Waals surface area (Å²) in [6.45, 7) is 3.12. The highest BCUT2D eigenvalue weighted by molar-refractivity contribution is 6.06.